The van der Waals surface area contributed by atoms with E-state index in [4.69, 9.17) is 0 Å². The van der Waals surface area contributed by atoms with Gasteiger partial charge in [-0.05, 0) is 100 Å². The second kappa shape index (κ2) is 13.6. The van der Waals surface area contributed by atoms with E-state index >= 15 is 0 Å². The number of hydrogen-bond donors (Lipinski definition) is 0. The van der Waals surface area contributed by atoms with Crippen LogP contribution in [0.4, 0.5) is 11.4 Å². The van der Waals surface area contributed by atoms with Crippen molar-refractivity contribution in [2.24, 2.45) is 0 Å². The van der Waals surface area contributed by atoms with E-state index in [9.17, 15) is 0 Å². The summed E-state index contributed by atoms with van der Waals surface area (Å²) in [6, 6.07) is 70.4. The molecule has 0 unspecified atom stereocenters. The van der Waals surface area contributed by atoms with E-state index in [0.29, 0.717) is 0 Å². The fourth-order valence-electron chi connectivity index (χ4n) is 8.23. The molecular weight excluding hydrogens is 653 g/mol. The molecule has 0 atom stereocenters. The van der Waals surface area contributed by atoms with Gasteiger partial charge < -0.3 is 9.47 Å². The summed E-state index contributed by atoms with van der Waals surface area (Å²) in [7, 11) is 0. The smallest absolute Gasteiger partial charge is 0.0619 e. The second-order valence-electron chi connectivity index (χ2n) is 14.1. The van der Waals surface area contributed by atoms with Crippen molar-refractivity contribution in [3.8, 4) is 27.9 Å². The predicted octanol–water partition coefficient (Wildman–Crippen LogP) is 14.2. The Balaban J connectivity index is 1.06. The summed E-state index contributed by atoms with van der Waals surface area (Å²) in [5.74, 6) is 0. The zero-order valence-electron chi connectivity index (χ0n) is 29.9. The largest absolute Gasteiger partial charge is 0.314 e. The van der Waals surface area contributed by atoms with E-state index in [1.807, 2.05) is 0 Å². The Morgan fingerprint density at radius 2 is 0.944 bits per heavy atom. The first-order valence-corrected chi connectivity index (χ1v) is 18.8. The van der Waals surface area contributed by atoms with Gasteiger partial charge in [0.1, 0.15) is 0 Å². The minimum absolute atomic E-state index is 0.957. The Labute approximate surface area is 316 Å². The summed E-state index contributed by atoms with van der Waals surface area (Å²) in [6.45, 7) is 0. The standard InChI is InChI=1S/C52H38N2/c1-4-12-37(13-5-1)39-20-28-45(29-21-39)53(46-30-22-40(23-31-46)38-14-6-2-7-15-38)47-32-24-41(25-33-47)43-27-34-49-50-35-26-42-16-10-11-19-48(42)52(50)54(51(49)36-43)44-17-8-3-9-18-44/h1-22,24-30,32-36H,23,31H2. The topological polar surface area (TPSA) is 8.17 Å². The lowest BCUT2D eigenvalue weighted by Gasteiger charge is -2.30. The zero-order chi connectivity index (χ0) is 35.8. The molecule has 1 aliphatic carbocycles. The van der Waals surface area contributed by atoms with E-state index < -0.39 is 0 Å². The summed E-state index contributed by atoms with van der Waals surface area (Å²) in [5, 5.41) is 5.05. The second-order valence-corrected chi connectivity index (χ2v) is 14.1. The Bertz CT molecular complexity index is 2830. The monoisotopic (exact) mass is 690 g/mol. The molecule has 0 saturated heterocycles. The minimum Gasteiger partial charge on any atom is -0.314 e. The van der Waals surface area contributed by atoms with Gasteiger partial charge in [-0.2, -0.15) is 0 Å². The lowest BCUT2D eigenvalue weighted by atomic mass is 9.94. The Kier molecular flexibility index (Phi) is 8.00. The number of aromatic nitrogens is 1. The first-order valence-electron chi connectivity index (χ1n) is 18.8. The van der Waals surface area contributed by atoms with Gasteiger partial charge in [0, 0.05) is 38.9 Å². The number of rotatable bonds is 7. The molecule has 0 amide bonds. The molecule has 2 nitrogen and oxygen atoms in total. The maximum absolute atomic E-state index is 2.44. The van der Waals surface area contributed by atoms with Gasteiger partial charge in [-0.15, -0.1) is 0 Å². The molecule has 0 saturated carbocycles. The van der Waals surface area contributed by atoms with Crippen molar-refractivity contribution in [1.82, 2.24) is 4.57 Å². The van der Waals surface area contributed by atoms with Gasteiger partial charge in [0.25, 0.3) is 0 Å². The van der Waals surface area contributed by atoms with Crippen molar-refractivity contribution in [3.05, 3.63) is 218 Å². The van der Waals surface area contributed by atoms with E-state index in [1.165, 1.54) is 77.4 Å². The maximum atomic E-state index is 2.44. The highest BCUT2D eigenvalue weighted by Gasteiger charge is 2.20. The van der Waals surface area contributed by atoms with Crippen LogP contribution in [0.2, 0.25) is 0 Å². The predicted molar refractivity (Wildman–Crippen MR) is 229 cm³/mol. The highest BCUT2D eigenvalue weighted by atomic mass is 15.1. The fraction of sp³-hybridized carbons (Fsp3) is 0.0385. The molecule has 10 rings (SSSR count). The van der Waals surface area contributed by atoms with E-state index in [0.717, 1.165) is 24.2 Å². The van der Waals surface area contributed by atoms with Crippen LogP contribution in [0.25, 0.3) is 66.1 Å². The lowest BCUT2D eigenvalue weighted by Crippen LogP contribution is -2.17. The van der Waals surface area contributed by atoms with Crippen molar-refractivity contribution >= 4 is 49.5 Å². The number of hydrogen-bond acceptors (Lipinski definition) is 1. The quantitative estimate of drug-likeness (QED) is 0.162. The van der Waals surface area contributed by atoms with Crippen LogP contribution < -0.4 is 4.90 Å². The summed E-state index contributed by atoms with van der Waals surface area (Å²) < 4.78 is 2.44. The molecule has 0 aliphatic heterocycles. The lowest BCUT2D eigenvalue weighted by molar-refractivity contribution is 0.930. The average Bonchev–Trinajstić information content (AvgIpc) is 3.60. The Hall–Kier alpha value is -6.90. The van der Waals surface area contributed by atoms with Crippen molar-refractivity contribution in [2.75, 3.05) is 4.90 Å². The summed E-state index contributed by atoms with van der Waals surface area (Å²) in [5.41, 5.74) is 14.7. The molecule has 9 aromatic rings. The number of para-hydroxylation sites is 1. The van der Waals surface area contributed by atoms with Gasteiger partial charge in [0.15, 0.2) is 0 Å². The van der Waals surface area contributed by atoms with Gasteiger partial charge in [0.2, 0.25) is 0 Å². The fourth-order valence-corrected chi connectivity index (χ4v) is 8.23. The van der Waals surface area contributed by atoms with Crippen molar-refractivity contribution < 1.29 is 0 Å². The van der Waals surface area contributed by atoms with Gasteiger partial charge in [-0.25, -0.2) is 0 Å². The van der Waals surface area contributed by atoms with Crippen molar-refractivity contribution in [1.29, 1.82) is 0 Å². The first kappa shape index (κ1) is 31.8. The molecule has 0 fully saturated rings. The van der Waals surface area contributed by atoms with E-state index in [1.54, 1.807) is 0 Å². The van der Waals surface area contributed by atoms with Crippen LogP contribution in [0.5, 0.6) is 0 Å². The van der Waals surface area contributed by atoms with Crippen molar-refractivity contribution in [3.63, 3.8) is 0 Å². The van der Waals surface area contributed by atoms with E-state index in [-0.39, 0.29) is 0 Å². The summed E-state index contributed by atoms with van der Waals surface area (Å²) in [6.07, 6.45) is 6.57. The molecular formula is C52H38N2. The molecule has 0 radical (unpaired) electrons. The molecule has 0 bridgehead atoms. The van der Waals surface area contributed by atoms with Gasteiger partial charge in [-0.1, -0.05) is 158 Å². The molecule has 54 heavy (non-hydrogen) atoms. The molecule has 2 heteroatoms. The normalized spacial score (nSPS) is 12.9. The van der Waals surface area contributed by atoms with Crippen LogP contribution in [0.3, 0.4) is 0 Å². The minimum atomic E-state index is 0.957. The third-order valence-electron chi connectivity index (χ3n) is 10.9. The molecule has 1 heterocycles. The summed E-state index contributed by atoms with van der Waals surface area (Å²) in [4.78, 5) is 2.43. The zero-order valence-corrected chi connectivity index (χ0v) is 29.9. The highest BCUT2D eigenvalue weighted by molar-refractivity contribution is 6.19. The molecule has 0 N–H and O–H groups in total. The van der Waals surface area contributed by atoms with Crippen LogP contribution in [0.15, 0.2) is 212 Å². The Morgan fingerprint density at radius 3 is 1.61 bits per heavy atom. The van der Waals surface area contributed by atoms with Crippen LogP contribution in [0, 0.1) is 0 Å². The van der Waals surface area contributed by atoms with Crippen LogP contribution in [-0.4, -0.2) is 4.57 Å². The molecule has 1 aliphatic rings. The van der Waals surface area contributed by atoms with Gasteiger partial charge in [0.05, 0.1) is 11.0 Å². The molecule has 0 spiro atoms. The molecule has 256 valence electrons. The van der Waals surface area contributed by atoms with E-state index in [2.05, 4.69) is 216 Å². The number of fused-ring (bicyclic) bond motifs is 5. The van der Waals surface area contributed by atoms with Crippen LogP contribution >= 0.6 is 0 Å². The number of anilines is 2. The molecule has 1 aromatic heterocycles. The van der Waals surface area contributed by atoms with Crippen molar-refractivity contribution in [2.45, 2.75) is 12.8 Å². The maximum Gasteiger partial charge on any atom is 0.0619 e. The van der Waals surface area contributed by atoms with Gasteiger partial charge >= 0.3 is 0 Å². The SMILES string of the molecule is C1=C(c2ccccc2)CCC(N(c2ccc(-c3ccccc3)cc2)c2ccc(-c3ccc4c5ccc6ccccc6c5n(-c5ccccc5)c4c3)cc2)=C1. The van der Waals surface area contributed by atoms with Crippen LogP contribution in [0.1, 0.15) is 18.4 Å². The molecule has 8 aromatic carbocycles. The third kappa shape index (κ3) is 5.70. The number of nitrogens with zero attached hydrogens (tertiary/aromatic N) is 2. The first-order chi connectivity index (χ1) is 26.8. The summed E-state index contributed by atoms with van der Waals surface area (Å²) >= 11 is 0. The number of allylic oxidation sites excluding steroid dienone is 4. The third-order valence-corrected chi connectivity index (χ3v) is 10.9. The van der Waals surface area contributed by atoms with Gasteiger partial charge in [-0.3, -0.25) is 0 Å². The highest BCUT2D eigenvalue weighted by Crippen LogP contribution is 2.40. The average molecular weight is 691 g/mol. The van der Waals surface area contributed by atoms with Crippen LogP contribution in [-0.2, 0) is 0 Å². The number of benzene rings is 8. The Morgan fingerprint density at radius 1 is 0.389 bits per heavy atom.